The van der Waals surface area contributed by atoms with Crippen LogP contribution in [0.3, 0.4) is 0 Å². The fourth-order valence-electron chi connectivity index (χ4n) is 0.939. The molecule has 0 saturated carbocycles. The minimum atomic E-state index is -0.670. The van der Waals surface area contributed by atoms with Crippen molar-refractivity contribution >= 4 is 0 Å². The lowest BCUT2D eigenvalue weighted by Gasteiger charge is -2.10. The molecule has 0 fully saturated rings. The van der Waals surface area contributed by atoms with Crippen molar-refractivity contribution in [3.63, 3.8) is 0 Å². The second-order valence-corrected chi connectivity index (χ2v) is 2.57. The van der Waals surface area contributed by atoms with Gasteiger partial charge >= 0.3 is 0 Å². The fraction of sp³-hybridized carbons (Fsp3) is 1.00. The predicted molar refractivity (Wildman–Crippen MR) is 51.2 cm³/mol. The molecule has 15 heavy (non-hydrogen) atoms. The molecule has 10 nitrogen and oxygen atoms in total. The second-order valence-electron chi connectivity index (χ2n) is 2.57. The molecular formula is C5H10N8O2. The Morgan fingerprint density at radius 3 is 2.07 bits per heavy atom. The molecule has 0 aliphatic heterocycles. The maximum absolute atomic E-state index is 10.2. The van der Waals surface area contributed by atoms with E-state index in [0.717, 1.165) is 0 Å². The van der Waals surface area contributed by atoms with Gasteiger partial charge in [0.1, 0.15) is 0 Å². The third-order valence-corrected chi connectivity index (χ3v) is 1.57. The van der Waals surface area contributed by atoms with Crippen LogP contribution in [-0.4, -0.2) is 24.2 Å². The van der Waals surface area contributed by atoms with Crippen LogP contribution in [0.2, 0.25) is 0 Å². The molecular weight excluding hydrogens is 204 g/mol. The van der Waals surface area contributed by atoms with Crippen LogP contribution in [0.5, 0.6) is 0 Å². The fourth-order valence-corrected chi connectivity index (χ4v) is 0.939. The third-order valence-electron chi connectivity index (χ3n) is 1.57. The SMILES string of the molecule is [N-]=[N+]=NCCC(CCN=[N+]=[N-])N[N+](=O)[O-]. The summed E-state index contributed by atoms with van der Waals surface area (Å²) in [4.78, 5) is 15.2. The standard InChI is InChI=1S/C5H10N8O2/c6-11-8-3-1-5(10-13(14)15)2-4-9-12-7/h5,10H,1-4H2. The highest BCUT2D eigenvalue weighted by Crippen LogP contribution is 1.99. The zero-order valence-electron chi connectivity index (χ0n) is 7.85. The summed E-state index contributed by atoms with van der Waals surface area (Å²) in [5.41, 5.74) is 18.1. The van der Waals surface area contributed by atoms with E-state index in [1.54, 1.807) is 0 Å². The molecule has 0 rings (SSSR count). The van der Waals surface area contributed by atoms with Crippen molar-refractivity contribution in [3.05, 3.63) is 31.0 Å². The molecule has 0 aromatic rings. The average molecular weight is 214 g/mol. The number of nitrogens with one attached hydrogen (secondary N) is 1. The molecule has 1 N–H and O–H groups in total. The molecule has 0 aliphatic carbocycles. The van der Waals surface area contributed by atoms with Crippen molar-refractivity contribution in [1.82, 2.24) is 5.43 Å². The van der Waals surface area contributed by atoms with Gasteiger partial charge in [-0.3, -0.25) is 0 Å². The molecule has 0 amide bonds. The van der Waals surface area contributed by atoms with Crippen molar-refractivity contribution in [2.24, 2.45) is 10.2 Å². The van der Waals surface area contributed by atoms with Gasteiger partial charge in [0.2, 0.25) is 0 Å². The van der Waals surface area contributed by atoms with Crippen molar-refractivity contribution in [3.8, 4) is 0 Å². The summed E-state index contributed by atoms with van der Waals surface area (Å²) in [6.45, 7) is 0.330. The number of nitrogens with zero attached hydrogens (tertiary/aromatic N) is 7. The summed E-state index contributed by atoms with van der Waals surface area (Å²) in [5, 5.41) is 16.0. The summed E-state index contributed by atoms with van der Waals surface area (Å²) in [5.74, 6) is 0. The van der Waals surface area contributed by atoms with Crippen LogP contribution in [0.25, 0.3) is 20.9 Å². The number of hydrazine groups is 1. The largest absolute Gasteiger partial charge is 0.235 e. The quantitative estimate of drug-likeness (QED) is 0.214. The lowest BCUT2D eigenvalue weighted by Crippen LogP contribution is -2.35. The van der Waals surface area contributed by atoms with E-state index in [2.05, 4.69) is 25.5 Å². The third kappa shape index (κ3) is 8.16. The molecule has 0 bridgehead atoms. The van der Waals surface area contributed by atoms with Crippen molar-refractivity contribution in [1.29, 1.82) is 0 Å². The summed E-state index contributed by atoms with van der Waals surface area (Å²) >= 11 is 0. The first-order valence-corrected chi connectivity index (χ1v) is 4.13. The molecule has 0 radical (unpaired) electrons. The van der Waals surface area contributed by atoms with Gasteiger partial charge in [0, 0.05) is 22.9 Å². The van der Waals surface area contributed by atoms with E-state index in [4.69, 9.17) is 11.1 Å². The molecule has 0 saturated heterocycles. The Morgan fingerprint density at radius 2 is 1.73 bits per heavy atom. The van der Waals surface area contributed by atoms with Gasteiger partial charge in [-0.15, -0.1) is 5.43 Å². The van der Waals surface area contributed by atoms with Crippen LogP contribution in [0.1, 0.15) is 12.8 Å². The van der Waals surface area contributed by atoms with E-state index in [0.29, 0.717) is 12.8 Å². The number of rotatable bonds is 8. The Labute approximate surface area is 84.6 Å². The van der Waals surface area contributed by atoms with E-state index in [1.807, 2.05) is 0 Å². The van der Waals surface area contributed by atoms with Gasteiger partial charge in [-0.25, -0.2) is 10.1 Å². The molecule has 0 aliphatic rings. The average Bonchev–Trinajstić information content (AvgIpc) is 2.17. The molecule has 0 atom stereocenters. The van der Waals surface area contributed by atoms with Crippen molar-refractivity contribution in [2.75, 3.05) is 13.1 Å². The Bertz CT molecular complexity index is 269. The van der Waals surface area contributed by atoms with Gasteiger partial charge < -0.3 is 0 Å². The minimum absolute atomic E-state index is 0.165. The summed E-state index contributed by atoms with van der Waals surface area (Å²) in [7, 11) is 0. The molecule has 82 valence electrons. The van der Waals surface area contributed by atoms with E-state index < -0.39 is 11.1 Å². The lowest BCUT2D eigenvalue weighted by molar-refractivity contribution is -0.551. The normalized spacial score (nSPS) is 10.7. The first-order valence-electron chi connectivity index (χ1n) is 4.13. The van der Waals surface area contributed by atoms with E-state index in [9.17, 15) is 10.1 Å². The van der Waals surface area contributed by atoms with Crippen LogP contribution >= 0.6 is 0 Å². The Hall–Kier alpha value is -2.18. The second kappa shape index (κ2) is 8.42. The Balaban J connectivity index is 3.98. The molecule has 0 aromatic heterocycles. The molecule has 10 heteroatoms. The number of nitro groups is 1. The van der Waals surface area contributed by atoms with Crippen LogP contribution in [0, 0.1) is 10.1 Å². The van der Waals surface area contributed by atoms with E-state index in [-0.39, 0.29) is 13.1 Å². The van der Waals surface area contributed by atoms with Crippen molar-refractivity contribution in [2.45, 2.75) is 18.9 Å². The highest BCUT2D eigenvalue weighted by Gasteiger charge is 2.11. The molecule has 0 unspecified atom stereocenters. The lowest BCUT2D eigenvalue weighted by atomic mass is 10.1. The van der Waals surface area contributed by atoms with Crippen LogP contribution in [0.4, 0.5) is 0 Å². The first-order chi connectivity index (χ1) is 7.20. The zero-order chi connectivity index (χ0) is 11.5. The Morgan fingerprint density at radius 1 is 1.27 bits per heavy atom. The molecule has 0 heterocycles. The van der Waals surface area contributed by atoms with Gasteiger partial charge in [-0.05, 0) is 23.9 Å². The first kappa shape index (κ1) is 12.8. The number of hydrogen-bond donors (Lipinski definition) is 1. The van der Waals surface area contributed by atoms with Gasteiger partial charge in [0.15, 0.2) is 5.03 Å². The van der Waals surface area contributed by atoms with Crippen LogP contribution in [0.15, 0.2) is 10.2 Å². The van der Waals surface area contributed by atoms with Gasteiger partial charge in [-0.2, -0.15) is 0 Å². The van der Waals surface area contributed by atoms with E-state index >= 15 is 0 Å². The monoisotopic (exact) mass is 214 g/mol. The number of hydrogen-bond acceptors (Lipinski definition) is 4. The topological polar surface area (TPSA) is 153 Å². The summed E-state index contributed by atoms with van der Waals surface area (Å²) < 4.78 is 0. The summed E-state index contributed by atoms with van der Waals surface area (Å²) in [6, 6.07) is -0.462. The van der Waals surface area contributed by atoms with Gasteiger partial charge in [-0.1, -0.05) is 10.2 Å². The van der Waals surface area contributed by atoms with Gasteiger partial charge in [0.25, 0.3) is 0 Å². The molecule has 0 spiro atoms. The maximum atomic E-state index is 10.2. The summed E-state index contributed by atoms with van der Waals surface area (Å²) in [6.07, 6.45) is 0.651. The highest BCUT2D eigenvalue weighted by atomic mass is 16.7. The highest BCUT2D eigenvalue weighted by molar-refractivity contribution is 4.66. The van der Waals surface area contributed by atoms with Crippen LogP contribution in [-0.2, 0) is 0 Å². The van der Waals surface area contributed by atoms with Crippen LogP contribution < -0.4 is 5.43 Å². The van der Waals surface area contributed by atoms with Crippen molar-refractivity contribution < 1.29 is 5.03 Å². The van der Waals surface area contributed by atoms with E-state index in [1.165, 1.54) is 0 Å². The Kier molecular flexibility index (Phi) is 7.20. The maximum Gasteiger partial charge on any atom is 0.157 e. The number of azide groups is 2. The zero-order valence-corrected chi connectivity index (χ0v) is 7.85. The minimum Gasteiger partial charge on any atom is -0.235 e. The predicted octanol–water partition coefficient (Wildman–Crippen LogP) is 1.54. The van der Waals surface area contributed by atoms with Gasteiger partial charge in [0.05, 0.1) is 6.04 Å². The smallest absolute Gasteiger partial charge is 0.157 e. The molecule has 0 aromatic carbocycles.